The van der Waals surface area contributed by atoms with Crippen LogP contribution in [0.2, 0.25) is 5.02 Å². The monoisotopic (exact) mass is 309 g/mol. The lowest BCUT2D eigenvalue weighted by Crippen LogP contribution is -2.53. The zero-order chi connectivity index (χ0) is 14.7. The number of rotatable bonds is 4. The Morgan fingerprint density at radius 2 is 2.05 bits per heavy atom. The fraction of sp³-hybridized carbons (Fsp3) is 0.647. The predicted molar refractivity (Wildman–Crippen MR) is 84.9 cm³/mol. The molecule has 1 aromatic rings. The molecule has 1 aliphatic heterocycles. The molecule has 21 heavy (non-hydrogen) atoms. The maximum absolute atomic E-state index is 10.7. The largest absolute Gasteiger partial charge is 0.492 e. The van der Waals surface area contributed by atoms with Crippen LogP contribution in [0.1, 0.15) is 32.1 Å². The highest BCUT2D eigenvalue weighted by Gasteiger charge is 2.42. The third kappa shape index (κ3) is 3.71. The summed E-state index contributed by atoms with van der Waals surface area (Å²) in [4.78, 5) is 2.43. The lowest BCUT2D eigenvalue weighted by atomic mass is 9.71. The first-order valence-corrected chi connectivity index (χ1v) is 8.37. The van der Waals surface area contributed by atoms with Gasteiger partial charge in [0, 0.05) is 30.6 Å². The molecule has 0 bridgehead atoms. The smallest absolute Gasteiger partial charge is 0.119 e. The summed E-state index contributed by atoms with van der Waals surface area (Å²) in [5.74, 6) is 1.32. The van der Waals surface area contributed by atoms with Crippen LogP contribution in [0.25, 0.3) is 0 Å². The summed E-state index contributed by atoms with van der Waals surface area (Å²) < 4.78 is 5.76. The molecule has 0 radical (unpaired) electrons. The van der Waals surface area contributed by atoms with Gasteiger partial charge < -0.3 is 9.84 Å². The summed E-state index contributed by atoms with van der Waals surface area (Å²) in [7, 11) is 0. The van der Waals surface area contributed by atoms with Gasteiger partial charge in [0.1, 0.15) is 12.4 Å². The van der Waals surface area contributed by atoms with E-state index in [1.54, 1.807) is 0 Å². The van der Waals surface area contributed by atoms with E-state index < -0.39 is 0 Å². The van der Waals surface area contributed by atoms with Gasteiger partial charge in [-0.3, -0.25) is 4.90 Å². The molecule has 0 amide bonds. The van der Waals surface area contributed by atoms with E-state index in [4.69, 9.17) is 16.3 Å². The first-order valence-electron chi connectivity index (χ1n) is 7.99. The Morgan fingerprint density at radius 1 is 1.24 bits per heavy atom. The van der Waals surface area contributed by atoms with Gasteiger partial charge in [-0.25, -0.2) is 0 Å². The Kier molecular flexibility index (Phi) is 4.72. The molecular weight excluding hydrogens is 286 g/mol. The minimum Gasteiger partial charge on any atom is -0.492 e. The Hall–Kier alpha value is -0.770. The Morgan fingerprint density at radius 3 is 2.86 bits per heavy atom. The van der Waals surface area contributed by atoms with Crippen molar-refractivity contribution in [2.75, 3.05) is 26.2 Å². The van der Waals surface area contributed by atoms with Gasteiger partial charge in [-0.1, -0.05) is 24.4 Å². The molecular formula is C17H24ClNO2. The highest BCUT2D eigenvalue weighted by atomic mass is 35.5. The molecule has 3 rings (SSSR count). The van der Waals surface area contributed by atoms with Crippen molar-refractivity contribution in [1.82, 2.24) is 4.90 Å². The molecule has 2 fully saturated rings. The first kappa shape index (κ1) is 15.1. The number of hydrogen-bond donors (Lipinski definition) is 1. The van der Waals surface area contributed by atoms with E-state index in [1.807, 2.05) is 24.3 Å². The number of hydrogen-bond acceptors (Lipinski definition) is 3. The number of ether oxygens (including phenoxy) is 1. The van der Waals surface area contributed by atoms with Gasteiger partial charge in [0.05, 0.1) is 5.60 Å². The number of halogens is 1. The predicted octanol–water partition coefficient (Wildman–Crippen LogP) is 3.35. The number of aliphatic hydroxyl groups is 1. The van der Waals surface area contributed by atoms with Gasteiger partial charge in [-0.05, 0) is 43.5 Å². The Labute approximate surface area is 131 Å². The van der Waals surface area contributed by atoms with Crippen LogP contribution in [-0.4, -0.2) is 41.8 Å². The molecule has 1 aromatic carbocycles. The number of likely N-dealkylation sites (tertiary alicyclic amines) is 1. The molecule has 2 aliphatic rings. The lowest BCUT2D eigenvalue weighted by Gasteiger charge is -2.47. The Bertz CT molecular complexity index is 464. The average Bonchev–Trinajstić information content (AvgIpc) is 2.49. The molecule has 0 spiro atoms. The Balaban J connectivity index is 1.45. The zero-order valence-corrected chi connectivity index (χ0v) is 13.2. The van der Waals surface area contributed by atoms with Crippen molar-refractivity contribution in [3.63, 3.8) is 0 Å². The van der Waals surface area contributed by atoms with Gasteiger partial charge >= 0.3 is 0 Å². The fourth-order valence-corrected chi connectivity index (χ4v) is 3.79. The molecule has 1 aliphatic carbocycles. The average molecular weight is 310 g/mol. The van der Waals surface area contributed by atoms with E-state index in [2.05, 4.69) is 4.90 Å². The maximum Gasteiger partial charge on any atom is 0.119 e. The third-order valence-corrected chi connectivity index (χ3v) is 5.25. The topological polar surface area (TPSA) is 32.7 Å². The standard InChI is InChI=1S/C17H24ClNO2/c18-15-4-6-16(7-5-15)21-12-11-19-10-9-17(20)8-2-1-3-14(17)13-19/h4-7,14,20H,1-3,8-13H2. The second-order valence-corrected chi connectivity index (χ2v) is 6.84. The van der Waals surface area contributed by atoms with Crippen molar-refractivity contribution in [3.8, 4) is 5.75 Å². The molecule has 4 heteroatoms. The minimum atomic E-state index is -0.383. The van der Waals surface area contributed by atoms with Crippen LogP contribution in [0.3, 0.4) is 0 Å². The van der Waals surface area contributed by atoms with E-state index in [-0.39, 0.29) is 5.60 Å². The normalized spacial score (nSPS) is 29.9. The van der Waals surface area contributed by atoms with Crippen molar-refractivity contribution < 1.29 is 9.84 Å². The van der Waals surface area contributed by atoms with E-state index >= 15 is 0 Å². The van der Waals surface area contributed by atoms with Crippen molar-refractivity contribution in [2.24, 2.45) is 5.92 Å². The summed E-state index contributed by atoms with van der Waals surface area (Å²) in [5.41, 5.74) is -0.383. The van der Waals surface area contributed by atoms with Gasteiger partial charge in [-0.15, -0.1) is 0 Å². The molecule has 116 valence electrons. The number of benzene rings is 1. The van der Waals surface area contributed by atoms with Crippen molar-refractivity contribution in [3.05, 3.63) is 29.3 Å². The van der Waals surface area contributed by atoms with Crippen LogP contribution in [-0.2, 0) is 0 Å². The van der Waals surface area contributed by atoms with Gasteiger partial charge in [0.15, 0.2) is 0 Å². The van der Waals surface area contributed by atoms with E-state index in [0.29, 0.717) is 12.5 Å². The van der Waals surface area contributed by atoms with Gasteiger partial charge in [0.2, 0.25) is 0 Å². The summed E-state index contributed by atoms with van der Waals surface area (Å²) in [5, 5.41) is 11.4. The first-order chi connectivity index (χ1) is 10.2. The quantitative estimate of drug-likeness (QED) is 0.926. The highest BCUT2D eigenvalue weighted by molar-refractivity contribution is 6.30. The van der Waals surface area contributed by atoms with Gasteiger partial charge in [0.25, 0.3) is 0 Å². The number of piperidine rings is 1. The fourth-order valence-electron chi connectivity index (χ4n) is 3.67. The molecule has 2 unspecified atom stereocenters. The van der Waals surface area contributed by atoms with Crippen LogP contribution >= 0.6 is 11.6 Å². The molecule has 0 aromatic heterocycles. The second kappa shape index (κ2) is 6.55. The van der Waals surface area contributed by atoms with Gasteiger partial charge in [-0.2, -0.15) is 0 Å². The van der Waals surface area contributed by atoms with Crippen LogP contribution in [0.4, 0.5) is 0 Å². The third-order valence-electron chi connectivity index (χ3n) is 5.00. The molecule has 3 nitrogen and oxygen atoms in total. The molecule has 1 N–H and O–H groups in total. The SMILES string of the molecule is OC12CCCCC1CN(CCOc1ccc(Cl)cc1)CC2. The molecule has 1 saturated carbocycles. The minimum absolute atomic E-state index is 0.383. The van der Waals surface area contributed by atoms with E-state index in [1.165, 1.54) is 19.3 Å². The molecule has 1 heterocycles. The number of nitrogens with zero attached hydrogens (tertiary/aromatic N) is 1. The van der Waals surface area contributed by atoms with E-state index in [0.717, 1.165) is 43.2 Å². The zero-order valence-electron chi connectivity index (χ0n) is 12.4. The maximum atomic E-state index is 10.7. The van der Waals surface area contributed by atoms with Crippen LogP contribution < -0.4 is 4.74 Å². The van der Waals surface area contributed by atoms with Crippen molar-refractivity contribution in [2.45, 2.75) is 37.7 Å². The number of fused-ring (bicyclic) bond motifs is 1. The van der Waals surface area contributed by atoms with Crippen LogP contribution in [0.5, 0.6) is 5.75 Å². The van der Waals surface area contributed by atoms with Crippen molar-refractivity contribution in [1.29, 1.82) is 0 Å². The summed E-state index contributed by atoms with van der Waals surface area (Å²) >= 11 is 5.86. The summed E-state index contributed by atoms with van der Waals surface area (Å²) in [6, 6.07) is 7.50. The second-order valence-electron chi connectivity index (χ2n) is 6.40. The van der Waals surface area contributed by atoms with E-state index in [9.17, 15) is 5.11 Å². The van der Waals surface area contributed by atoms with Crippen molar-refractivity contribution >= 4 is 11.6 Å². The summed E-state index contributed by atoms with van der Waals surface area (Å²) in [6.07, 6.45) is 5.53. The highest BCUT2D eigenvalue weighted by Crippen LogP contribution is 2.39. The van der Waals surface area contributed by atoms with Crippen LogP contribution in [0, 0.1) is 5.92 Å². The van der Waals surface area contributed by atoms with Crippen LogP contribution in [0.15, 0.2) is 24.3 Å². The molecule has 2 atom stereocenters. The molecule has 1 saturated heterocycles. The lowest BCUT2D eigenvalue weighted by molar-refractivity contribution is -0.0963. The summed E-state index contributed by atoms with van der Waals surface area (Å²) in [6.45, 7) is 3.61.